The van der Waals surface area contributed by atoms with E-state index in [0.29, 0.717) is 0 Å². The SMILES string of the molecule is COc1ncc(-c2cc(C(F)(F)F)c3c(N)ncnn23)cc1C(=O)N[C@H]1CNC[C@H]1F. The Morgan fingerprint density at radius 3 is 2.74 bits per heavy atom. The number of hydrogen-bond acceptors (Lipinski definition) is 7. The zero-order chi connectivity index (χ0) is 22.3. The van der Waals surface area contributed by atoms with Crippen LogP contribution in [-0.2, 0) is 6.18 Å². The molecular formula is C18H17F4N7O2. The number of nitrogen functional groups attached to an aromatic ring is 1. The lowest BCUT2D eigenvalue weighted by atomic mass is 10.1. The topological polar surface area (TPSA) is 119 Å². The first-order chi connectivity index (χ1) is 14.7. The smallest absolute Gasteiger partial charge is 0.418 e. The highest BCUT2D eigenvalue weighted by atomic mass is 19.4. The van der Waals surface area contributed by atoms with Gasteiger partial charge in [-0.25, -0.2) is 18.9 Å². The number of carbonyl (C=O) groups is 1. The van der Waals surface area contributed by atoms with Crippen LogP contribution in [0, 0.1) is 0 Å². The van der Waals surface area contributed by atoms with Crippen LogP contribution in [0.15, 0.2) is 24.7 Å². The Morgan fingerprint density at radius 1 is 1.32 bits per heavy atom. The molecule has 1 saturated heterocycles. The monoisotopic (exact) mass is 439 g/mol. The van der Waals surface area contributed by atoms with Crippen molar-refractivity contribution in [2.24, 2.45) is 0 Å². The maximum absolute atomic E-state index is 13.9. The fraction of sp³-hybridized carbons (Fsp3) is 0.333. The highest BCUT2D eigenvalue weighted by Crippen LogP contribution is 2.38. The van der Waals surface area contributed by atoms with Gasteiger partial charge in [0.05, 0.1) is 24.4 Å². The van der Waals surface area contributed by atoms with E-state index in [1.54, 1.807) is 0 Å². The lowest BCUT2D eigenvalue weighted by Crippen LogP contribution is -2.41. The van der Waals surface area contributed by atoms with Crippen molar-refractivity contribution in [1.82, 2.24) is 30.2 Å². The number of amides is 1. The molecule has 4 heterocycles. The molecule has 4 rings (SSSR count). The number of nitrogens with two attached hydrogens (primary N) is 1. The first kappa shape index (κ1) is 20.8. The number of halogens is 4. The molecule has 0 unspecified atom stereocenters. The van der Waals surface area contributed by atoms with Gasteiger partial charge in [0.1, 0.15) is 23.6 Å². The second kappa shape index (κ2) is 7.65. The minimum absolute atomic E-state index is 0.00784. The van der Waals surface area contributed by atoms with Crippen LogP contribution in [0.25, 0.3) is 16.8 Å². The molecular weight excluding hydrogens is 422 g/mol. The van der Waals surface area contributed by atoms with Crippen molar-refractivity contribution in [3.63, 3.8) is 0 Å². The number of ether oxygens (including phenoxy) is 1. The molecule has 1 aliphatic rings. The van der Waals surface area contributed by atoms with E-state index in [2.05, 4.69) is 25.7 Å². The van der Waals surface area contributed by atoms with Gasteiger partial charge in [0, 0.05) is 24.8 Å². The van der Waals surface area contributed by atoms with Crippen LogP contribution in [0.3, 0.4) is 0 Å². The van der Waals surface area contributed by atoms with E-state index >= 15 is 0 Å². The Bertz CT molecular complexity index is 1150. The molecule has 9 nitrogen and oxygen atoms in total. The van der Waals surface area contributed by atoms with Gasteiger partial charge in [-0.15, -0.1) is 0 Å². The molecule has 1 aliphatic heterocycles. The van der Waals surface area contributed by atoms with Gasteiger partial charge in [0.15, 0.2) is 5.82 Å². The number of rotatable bonds is 4. The molecule has 31 heavy (non-hydrogen) atoms. The molecule has 13 heteroatoms. The maximum atomic E-state index is 13.9. The molecule has 0 aromatic carbocycles. The summed E-state index contributed by atoms with van der Waals surface area (Å²) in [5.41, 5.74) is 4.30. The Balaban J connectivity index is 1.81. The van der Waals surface area contributed by atoms with Crippen LogP contribution in [0.5, 0.6) is 5.88 Å². The lowest BCUT2D eigenvalue weighted by molar-refractivity contribution is -0.136. The average Bonchev–Trinajstić information content (AvgIpc) is 3.32. The van der Waals surface area contributed by atoms with Crippen molar-refractivity contribution < 1.29 is 27.1 Å². The number of nitrogens with one attached hydrogen (secondary N) is 2. The maximum Gasteiger partial charge on any atom is 0.418 e. The highest BCUT2D eigenvalue weighted by molar-refractivity contribution is 5.98. The normalized spacial score (nSPS) is 19.0. The van der Waals surface area contributed by atoms with E-state index in [0.717, 1.165) is 16.9 Å². The highest BCUT2D eigenvalue weighted by Gasteiger charge is 2.37. The van der Waals surface area contributed by atoms with Crippen molar-refractivity contribution in [2.75, 3.05) is 25.9 Å². The number of alkyl halides is 4. The van der Waals surface area contributed by atoms with Gasteiger partial charge in [0.2, 0.25) is 5.88 Å². The molecule has 164 valence electrons. The second-order valence-electron chi connectivity index (χ2n) is 6.88. The number of carbonyl (C=O) groups excluding carboxylic acids is 1. The van der Waals surface area contributed by atoms with Crippen LogP contribution in [-0.4, -0.2) is 57.9 Å². The van der Waals surface area contributed by atoms with Gasteiger partial charge in [-0.05, 0) is 12.1 Å². The molecule has 4 N–H and O–H groups in total. The van der Waals surface area contributed by atoms with Crippen molar-refractivity contribution in [3.8, 4) is 17.1 Å². The van der Waals surface area contributed by atoms with Crippen LogP contribution in [0.1, 0.15) is 15.9 Å². The summed E-state index contributed by atoms with van der Waals surface area (Å²) in [6.45, 7) is 0.356. The van der Waals surface area contributed by atoms with E-state index in [9.17, 15) is 22.4 Å². The van der Waals surface area contributed by atoms with E-state index < -0.39 is 35.4 Å². The summed E-state index contributed by atoms with van der Waals surface area (Å²) in [6.07, 6.45) is -3.72. The molecule has 1 amide bonds. The molecule has 1 fully saturated rings. The molecule has 2 atom stereocenters. The predicted octanol–water partition coefficient (Wildman–Crippen LogP) is 1.44. The number of pyridine rings is 1. The van der Waals surface area contributed by atoms with Crippen molar-refractivity contribution in [2.45, 2.75) is 18.4 Å². The molecule has 3 aromatic rings. The molecule has 0 saturated carbocycles. The van der Waals surface area contributed by atoms with Gasteiger partial charge in [-0.2, -0.15) is 18.3 Å². The van der Waals surface area contributed by atoms with Crippen molar-refractivity contribution >= 4 is 17.2 Å². The largest absolute Gasteiger partial charge is 0.480 e. The third kappa shape index (κ3) is 3.71. The predicted molar refractivity (Wildman–Crippen MR) is 101 cm³/mol. The Morgan fingerprint density at radius 2 is 2.10 bits per heavy atom. The number of methoxy groups -OCH3 is 1. The number of anilines is 1. The Hall–Kier alpha value is -3.48. The summed E-state index contributed by atoms with van der Waals surface area (Å²) in [6, 6.07) is 1.40. The summed E-state index contributed by atoms with van der Waals surface area (Å²) in [5, 5.41) is 9.23. The number of fused-ring (bicyclic) bond motifs is 1. The summed E-state index contributed by atoms with van der Waals surface area (Å²) in [5.74, 6) is -1.09. The zero-order valence-corrected chi connectivity index (χ0v) is 16.1. The summed E-state index contributed by atoms with van der Waals surface area (Å²) >= 11 is 0. The standard InChI is InChI=1S/C18H17F4N7O2/c1-31-17-9(16(30)28-12-6-24-5-11(12)19)2-8(4-25-17)13-3-10(18(20,21)22)14-15(23)26-7-27-29(13)14/h2-4,7,11-12,24H,5-6H2,1H3,(H,28,30)(H2,23,26,27)/t11-,12+/m1/s1. The summed E-state index contributed by atoms with van der Waals surface area (Å²) < 4.78 is 60.6. The van der Waals surface area contributed by atoms with Gasteiger partial charge >= 0.3 is 6.18 Å². The molecule has 3 aromatic heterocycles. The molecule has 0 bridgehead atoms. The van der Waals surface area contributed by atoms with Crippen LogP contribution >= 0.6 is 0 Å². The van der Waals surface area contributed by atoms with Gasteiger partial charge in [0.25, 0.3) is 5.91 Å². The first-order valence-corrected chi connectivity index (χ1v) is 9.10. The van der Waals surface area contributed by atoms with Crippen molar-refractivity contribution in [1.29, 1.82) is 0 Å². The number of hydrogen-bond donors (Lipinski definition) is 3. The average molecular weight is 439 g/mol. The van der Waals surface area contributed by atoms with Gasteiger partial charge in [-0.3, -0.25) is 4.79 Å². The number of nitrogens with zero attached hydrogens (tertiary/aromatic N) is 4. The van der Waals surface area contributed by atoms with Crippen LogP contribution < -0.4 is 21.1 Å². The first-order valence-electron chi connectivity index (χ1n) is 9.10. The quantitative estimate of drug-likeness (QED) is 0.527. The fourth-order valence-corrected chi connectivity index (χ4v) is 3.44. The van der Waals surface area contributed by atoms with Gasteiger partial charge < -0.3 is 21.1 Å². The molecule has 0 spiro atoms. The minimum atomic E-state index is -4.71. The van der Waals surface area contributed by atoms with E-state index in [-0.39, 0.29) is 41.6 Å². The van der Waals surface area contributed by atoms with Crippen LogP contribution in [0.2, 0.25) is 0 Å². The van der Waals surface area contributed by atoms with Crippen molar-refractivity contribution in [3.05, 3.63) is 35.8 Å². The summed E-state index contributed by atoms with van der Waals surface area (Å²) in [4.78, 5) is 20.4. The molecule has 0 aliphatic carbocycles. The lowest BCUT2D eigenvalue weighted by Gasteiger charge is -2.15. The van der Waals surface area contributed by atoms with E-state index in [4.69, 9.17) is 10.5 Å². The minimum Gasteiger partial charge on any atom is -0.480 e. The van der Waals surface area contributed by atoms with Gasteiger partial charge in [-0.1, -0.05) is 0 Å². The Labute approximate surface area is 172 Å². The van der Waals surface area contributed by atoms with E-state index in [1.807, 2.05) is 0 Å². The summed E-state index contributed by atoms with van der Waals surface area (Å²) in [7, 11) is 1.29. The molecule has 0 radical (unpaired) electrons. The fourth-order valence-electron chi connectivity index (χ4n) is 3.44. The second-order valence-corrected chi connectivity index (χ2v) is 6.88. The number of aromatic nitrogens is 4. The van der Waals surface area contributed by atoms with E-state index in [1.165, 1.54) is 19.4 Å². The third-order valence-electron chi connectivity index (χ3n) is 4.93. The zero-order valence-electron chi connectivity index (χ0n) is 16.1. The Kier molecular flexibility index (Phi) is 5.13. The third-order valence-corrected chi connectivity index (χ3v) is 4.93. The van der Waals surface area contributed by atoms with Crippen LogP contribution in [0.4, 0.5) is 23.4 Å².